The van der Waals surface area contributed by atoms with Crippen LogP contribution in [0, 0.1) is 17.2 Å². The fourth-order valence-corrected chi connectivity index (χ4v) is 1.70. The quantitative estimate of drug-likeness (QED) is 0.727. The van der Waals surface area contributed by atoms with E-state index in [2.05, 4.69) is 0 Å². The van der Waals surface area contributed by atoms with Crippen LogP contribution in [0.5, 0.6) is 0 Å². The normalized spacial score (nSPS) is 10.1. The third-order valence-electron chi connectivity index (χ3n) is 2.56. The molecular weight excluding hydrogens is 246 g/mol. The number of nitriles is 1. The number of hydrogen-bond acceptors (Lipinski definition) is 3. The van der Waals surface area contributed by atoms with Crippen LogP contribution < -0.4 is 0 Å². The molecule has 0 aromatic rings. The molecule has 0 radical (unpaired) electrons. The second-order valence-corrected chi connectivity index (χ2v) is 4.95. The predicted molar refractivity (Wildman–Crippen MR) is 71.5 cm³/mol. The molecule has 0 aliphatic heterocycles. The molecule has 0 rings (SSSR count). The SMILES string of the molecule is CC(C)CN(CCC#N)C(=O)N(C)CCCC(=O)O. The Bertz CT molecular complexity index is 337. The summed E-state index contributed by atoms with van der Waals surface area (Å²) in [6, 6.07) is 1.89. The molecule has 0 bridgehead atoms. The zero-order valence-electron chi connectivity index (χ0n) is 11.9. The molecule has 0 unspecified atom stereocenters. The minimum absolute atomic E-state index is 0.0556. The Kier molecular flexibility index (Phi) is 8.34. The fraction of sp³-hybridized carbons (Fsp3) is 0.769. The highest BCUT2D eigenvalue weighted by Crippen LogP contribution is 2.05. The van der Waals surface area contributed by atoms with Gasteiger partial charge in [-0.25, -0.2) is 4.79 Å². The highest BCUT2D eigenvalue weighted by molar-refractivity contribution is 5.74. The Hall–Kier alpha value is -1.77. The summed E-state index contributed by atoms with van der Waals surface area (Å²) in [6.45, 7) is 5.45. The summed E-state index contributed by atoms with van der Waals surface area (Å²) >= 11 is 0. The van der Waals surface area contributed by atoms with Crippen LogP contribution in [0.3, 0.4) is 0 Å². The minimum atomic E-state index is -0.857. The van der Waals surface area contributed by atoms with Crippen LogP contribution in [-0.2, 0) is 4.79 Å². The number of hydrogen-bond donors (Lipinski definition) is 1. The molecule has 6 nitrogen and oxygen atoms in total. The van der Waals surface area contributed by atoms with Gasteiger partial charge in [0.15, 0.2) is 0 Å². The molecule has 1 N–H and O–H groups in total. The van der Waals surface area contributed by atoms with Crippen molar-refractivity contribution in [1.29, 1.82) is 5.26 Å². The van der Waals surface area contributed by atoms with Crippen LogP contribution in [0.1, 0.15) is 33.1 Å². The summed E-state index contributed by atoms with van der Waals surface area (Å²) < 4.78 is 0. The van der Waals surface area contributed by atoms with E-state index in [1.165, 1.54) is 4.90 Å². The Morgan fingerprint density at radius 2 is 1.95 bits per heavy atom. The first kappa shape index (κ1) is 17.2. The number of carbonyl (C=O) groups is 2. The molecule has 0 aromatic carbocycles. The lowest BCUT2D eigenvalue weighted by Crippen LogP contribution is -2.43. The standard InChI is InChI=1S/C13H23N3O3/c1-11(2)10-16(9-5-7-14)13(19)15(3)8-4-6-12(17)18/h11H,4-6,8-10H2,1-3H3,(H,17,18). The molecule has 0 fully saturated rings. The van der Waals surface area contributed by atoms with Crippen LogP contribution in [0.2, 0.25) is 0 Å². The second-order valence-electron chi connectivity index (χ2n) is 4.95. The van der Waals surface area contributed by atoms with Gasteiger partial charge >= 0.3 is 12.0 Å². The molecule has 0 heterocycles. The van der Waals surface area contributed by atoms with Gasteiger partial charge in [0.05, 0.1) is 12.5 Å². The van der Waals surface area contributed by atoms with Gasteiger partial charge in [0, 0.05) is 33.1 Å². The summed E-state index contributed by atoms with van der Waals surface area (Å²) in [5.41, 5.74) is 0. The van der Waals surface area contributed by atoms with Crippen molar-refractivity contribution >= 4 is 12.0 Å². The zero-order chi connectivity index (χ0) is 14.8. The van der Waals surface area contributed by atoms with Crippen LogP contribution >= 0.6 is 0 Å². The van der Waals surface area contributed by atoms with Gasteiger partial charge in [-0.05, 0) is 12.3 Å². The molecule has 19 heavy (non-hydrogen) atoms. The summed E-state index contributed by atoms with van der Waals surface area (Å²) in [5.74, 6) is -0.528. The number of rotatable bonds is 8. The van der Waals surface area contributed by atoms with Gasteiger partial charge in [-0.2, -0.15) is 5.26 Å². The molecule has 0 aliphatic carbocycles. The van der Waals surface area contributed by atoms with Crippen molar-refractivity contribution < 1.29 is 14.7 Å². The van der Waals surface area contributed by atoms with Crippen molar-refractivity contribution in [2.24, 2.45) is 5.92 Å². The van der Waals surface area contributed by atoms with Crippen LogP contribution in [0.25, 0.3) is 0 Å². The van der Waals surface area contributed by atoms with E-state index in [1.54, 1.807) is 11.9 Å². The van der Waals surface area contributed by atoms with Gasteiger partial charge < -0.3 is 14.9 Å². The Labute approximate surface area is 114 Å². The Balaban J connectivity index is 4.34. The van der Waals surface area contributed by atoms with E-state index < -0.39 is 5.97 Å². The van der Waals surface area contributed by atoms with Crippen molar-refractivity contribution in [3.05, 3.63) is 0 Å². The monoisotopic (exact) mass is 269 g/mol. The highest BCUT2D eigenvalue weighted by atomic mass is 16.4. The van der Waals surface area contributed by atoms with Gasteiger partial charge in [-0.1, -0.05) is 13.8 Å². The van der Waals surface area contributed by atoms with E-state index >= 15 is 0 Å². The van der Waals surface area contributed by atoms with E-state index in [0.29, 0.717) is 38.4 Å². The first-order valence-electron chi connectivity index (χ1n) is 6.47. The third kappa shape index (κ3) is 8.03. The Morgan fingerprint density at radius 1 is 1.32 bits per heavy atom. The number of carbonyl (C=O) groups excluding carboxylic acids is 1. The van der Waals surface area contributed by atoms with Gasteiger partial charge in [-0.3, -0.25) is 4.79 Å². The smallest absolute Gasteiger partial charge is 0.319 e. The average Bonchev–Trinajstić information content (AvgIpc) is 2.32. The highest BCUT2D eigenvalue weighted by Gasteiger charge is 2.18. The molecule has 0 saturated heterocycles. The van der Waals surface area contributed by atoms with Crippen LogP contribution in [0.15, 0.2) is 0 Å². The largest absolute Gasteiger partial charge is 0.481 e. The lowest BCUT2D eigenvalue weighted by atomic mass is 10.2. The number of amides is 2. The number of carboxylic acids is 1. The molecule has 0 aromatic heterocycles. The molecule has 108 valence electrons. The number of urea groups is 1. The van der Waals surface area contributed by atoms with Gasteiger partial charge in [0.2, 0.25) is 0 Å². The van der Waals surface area contributed by atoms with E-state index in [4.69, 9.17) is 10.4 Å². The molecular formula is C13H23N3O3. The predicted octanol–water partition coefficient (Wildman–Crippen LogP) is 1.77. The number of aliphatic carboxylic acids is 1. The summed E-state index contributed by atoms with van der Waals surface area (Å²) in [5, 5.41) is 17.2. The van der Waals surface area contributed by atoms with Crippen molar-refractivity contribution in [2.45, 2.75) is 33.1 Å². The molecule has 0 atom stereocenters. The summed E-state index contributed by atoms with van der Waals surface area (Å²) in [6.07, 6.45) is 0.798. The van der Waals surface area contributed by atoms with Gasteiger partial charge in [0.1, 0.15) is 0 Å². The fourth-order valence-electron chi connectivity index (χ4n) is 1.70. The third-order valence-corrected chi connectivity index (χ3v) is 2.56. The van der Waals surface area contributed by atoms with Crippen molar-refractivity contribution in [3.63, 3.8) is 0 Å². The summed E-state index contributed by atoms with van der Waals surface area (Å²) in [4.78, 5) is 25.7. The molecule has 2 amide bonds. The maximum Gasteiger partial charge on any atom is 0.319 e. The van der Waals surface area contributed by atoms with Crippen molar-refractivity contribution in [1.82, 2.24) is 9.80 Å². The van der Waals surface area contributed by atoms with E-state index in [-0.39, 0.29) is 12.5 Å². The van der Waals surface area contributed by atoms with E-state index in [1.807, 2.05) is 19.9 Å². The minimum Gasteiger partial charge on any atom is -0.481 e. The molecule has 0 saturated carbocycles. The van der Waals surface area contributed by atoms with Gasteiger partial charge in [-0.15, -0.1) is 0 Å². The van der Waals surface area contributed by atoms with Crippen LogP contribution in [-0.4, -0.2) is 53.6 Å². The van der Waals surface area contributed by atoms with Gasteiger partial charge in [0.25, 0.3) is 0 Å². The number of carboxylic acid groups (broad SMARTS) is 1. The van der Waals surface area contributed by atoms with Crippen molar-refractivity contribution in [3.8, 4) is 6.07 Å². The molecule has 0 aliphatic rings. The number of nitrogens with zero attached hydrogens (tertiary/aromatic N) is 3. The molecule has 0 spiro atoms. The lowest BCUT2D eigenvalue weighted by Gasteiger charge is -2.29. The zero-order valence-corrected chi connectivity index (χ0v) is 11.9. The summed E-state index contributed by atoms with van der Waals surface area (Å²) in [7, 11) is 1.66. The first-order chi connectivity index (χ1) is 8.88. The second kappa shape index (κ2) is 9.20. The van der Waals surface area contributed by atoms with Crippen molar-refractivity contribution in [2.75, 3.05) is 26.7 Å². The Morgan fingerprint density at radius 3 is 2.42 bits per heavy atom. The first-order valence-corrected chi connectivity index (χ1v) is 6.47. The maximum absolute atomic E-state index is 12.2. The van der Waals surface area contributed by atoms with Crippen LogP contribution in [0.4, 0.5) is 4.79 Å². The molecule has 6 heteroatoms. The topological polar surface area (TPSA) is 84.6 Å². The van der Waals surface area contributed by atoms with E-state index in [0.717, 1.165) is 0 Å². The lowest BCUT2D eigenvalue weighted by molar-refractivity contribution is -0.137. The maximum atomic E-state index is 12.2. The van der Waals surface area contributed by atoms with E-state index in [9.17, 15) is 9.59 Å². The average molecular weight is 269 g/mol.